The predicted octanol–water partition coefficient (Wildman–Crippen LogP) is 4.87. The summed E-state index contributed by atoms with van der Waals surface area (Å²) in [7, 11) is 0. The number of benzene rings is 1. The lowest BCUT2D eigenvalue weighted by Gasteiger charge is -2.30. The smallest absolute Gasteiger partial charge is 0.382 e. The van der Waals surface area contributed by atoms with Crippen LogP contribution < -0.4 is 5.32 Å². The van der Waals surface area contributed by atoms with E-state index in [4.69, 9.17) is 11.6 Å². The van der Waals surface area contributed by atoms with Crippen molar-refractivity contribution in [2.75, 3.05) is 5.32 Å². The molecule has 0 radical (unpaired) electrons. The van der Waals surface area contributed by atoms with Gasteiger partial charge in [-0.1, -0.05) is 11.6 Å². The Morgan fingerprint density at radius 2 is 1.56 bits per heavy atom. The van der Waals surface area contributed by atoms with Crippen molar-refractivity contribution in [2.24, 2.45) is 5.92 Å². The summed E-state index contributed by atoms with van der Waals surface area (Å²) in [5, 5.41) is 3.91. The van der Waals surface area contributed by atoms with Crippen LogP contribution in [0.5, 0.6) is 0 Å². The van der Waals surface area contributed by atoms with Gasteiger partial charge in [-0.25, -0.2) is 0 Å². The second-order valence-corrected chi connectivity index (χ2v) is 5.18. The Balaban J connectivity index is 1.85. The van der Waals surface area contributed by atoms with Crippen LogP contribution in [0, 0.1) is 5.92 Å². The van der Waals surface area contributed by atoms with Crippen LogP contribution in [-0.2, 0) is 0 Å². The predicted molar refractivity (Wildman–Crippen MR) is 66.9 cm³/mol. The van der Waals surface area contributed by atoms with Gasteiger partial charge in [-0.3, -0.25) is 0 Å². The summed E-state index contributed by atoms with van der Waals surface area (Å²) in [6.45, 7) is 0. The molecule has 0 aliphatic heterocycles. The normalized spacial score (nSPS) is 24.9. The maximum Gasteiger partial charge on any atom is 0.391 e. The van der Waals surface area contributed by atoms with Crippen molar-refractivity contribution in [2.45, 2.75) is 37.9 Å². The van der Waals surface area contributed by atoms with Crippen LogP contribution >= 0.6 is 11.6 Å². The van der Waals surface area contributed by atoms with Crippen molar-refractivity contribution in [1.82, 2.24) is 0 Å². The van der Waals surface area contributed by atoms with E-state index in [9.17, 15) is 13.2 Å². The molecule has 1 aliphatic carbocycles. The number of anilines is 1. The first-order chi connectivity index (χ1) is 8.45. The fourth-order valence-corrected chi connectivity index (χ4v) is 2.47. The third kappa shape index (κ3) is 3.55. The van der Waals surface area contributed by atoms with Crippen molar-refractivity contribution >= 4 is 17.3 Å². The van der Waals surface area contributed by atoms with E-state index in [0.29, 0.717) is 17.9 Å². The van der Waals surface area contributed by atoms with Gasteiger partial charge >= 0.3 is 6.18 Å². The maximum atomic E-state index is 12.5. The Morgan fingerprint density at radius 3 is 2.06 bits per heavy atom. The minimum atomic E-state index is -4.04. The highest BCUT2D eigenvalue weighted by atomic mass is 35.5. The molecule has 1 N–H and O–H groups in total. The van der Waals surface area contributed by atoms with Gasteiger partial charge in [-0.05, 0) is 49.9 Å². The Hall–Kier alpha value is -0.900. The molecule has 18 heavy (non-hydrogen) atoms. The lowest BCUT2D eigenvalue weighted by Crippen LogP contribution is -2.32. The summed E-state index contributed by atoms with van der Waals surface area (Å²) in [5.74, 6) is -1.12. The largest absolute Gasteiger partial charge is 0.391 e. The number of alkyl halides is 3. The van der Waals surface area contributed by atoms with Crippen molar-refractivity contribution < 1.29 is 13.2 Å². The number of hydrogen-bond donors (Lipinski definition) is 1. The number of rotatable bonds is 2. The monoisotopic (exact) mass is 277 g/mol. The lowest BCUT2D eigenvalue weighted by molar-refractivity contribution is -0.182. The van der Waals surface area contributed by atoms with E-state index in [-0.39, 0.29) is 18.9 Å². The zero-order valence-corrected chi connectivity index (χ0v) is 10.6. The first-order valence-corrected chi connectivity index (χ1v) is 6.42. The van der Waals surface area contributed by atoms with Crippen LogP contribution in [0.1, 0.15) is 25.7 Å². The molecule has 0 bridgehead atoms. The third-order valence-corrected chi connectivity index (χ3v) is 3.66. The summed E-state index contributed by atoms with van der Waals surface area (Å²) in [6, 6.07) is 7.36. The molecule has 1 aliphatic rings. The minimum absolute atomic E-state index is 0.129. The molecule has 0 unspecified atom stereocenters. The zero-order chi connectivity index (χ0) is 13.2. The second-order valence-electron chi connectivity index (χ2n) is 4.74. The highest BCUT2D eigenvalue weighted by molar-refractivity contribution is 6.30. The molecule has 0 heterocycles. The molecule has 100 valence electrons. The highest BCUT2D eigenvalue weighted by Gasteiger charge is 2.41. The molecular formula is C13H15ClF3N. The van der Waals surface area contributed by atoms with Crippen molar-refractivity contribution in [3.63, 3.8) is 0 Å². The zero-order valence-electron chi connectivity index (χ0n) is 9.80. The molecule has 0 atom stereocenters. The maximum absolute atomic E-state index is 12.5. The summed E-state index contributed by atoms with van der Waals surface area (Å²) < 4.78 is 37.5. The summed E-state index contributed by atoms with van der Waals surface area (Å²) >= 11 is 5.77. The summed E-state index contributed by atoms with van der Waals surface area (Å²) in [6.07, 6.45) is -2.48. The number of hydrogen-bond acceptors (Lipinski definition) is 1. The average Bonchev–Trinajstić information content (AvgIpc) is 2.32. The standard InChI is InChI=1S/C13H15ClF3N/c14-10-3-7-12(8-4-10)18-11-5-1-9(2-6-11)13(15,16)17/h3-4,7-9,11,18H,1-2,5-6H2. The summed E-state index contributed by atoms with van der Waals surface area (Å²) in [5.41, 5.74) is 0.912. The van der Waals surface area contributed by atoms with E-state index < -0.39 is 12.1 Å². The first-order valence-electron chi connectivity index (χ1n) is 6.04. The fourth-order valence-electron chi connectivity index (χ4n) is 2.35. The quantitative estimate of drug-likeness (QED) is 0.813. The van der Waals surface area contributed by atoms with E-state index in [2.05, 4.69) is 5.32 Å². The van der Waals surface area contributed by atoms with Crippen LogP contribution in [0.3, 0.4) is 0 Å². The van der Waals surface area contributed by atoms with Crippen LogP contribution in [0.2, 0.25) is 5.02 Å². The Labute approximate surface area is 109 Å². The molecule has 1 saturated carbocycles. The SMILES string of the molecule is FC(F)(F)C1CCC(Nc2ccc(Cl)cc2)CC1. The van der Waals surface area contributed by atoms with Gasteiger partial charge in [0.1, 0.15) is 0 Å². The van der Waals surface area contributed by atoms with Crippen molar-refractivity contribution in [1.29, 1.82) is 0 Å². The van der Waals surface area contributed by atoms with E-state index in [1.54, 1.807) is 12.1 Å². The van der Waals surface area contributed by atoms with Gasteiger partial charge in [0.2, 0.25) is 0 Å². The number of halogens is 4. The third-order valence-electron chi connectivity index (χ3n) is 3.41. The Morgan fingerprint density at radius 1 is 1.00 bits per heavy atom. The first kappa shape index (κ1) is 13.5. The van der Waals surface area contributed by atoms with E-state index in [1.165, 1.54) is 0 Å². The van der Waals surface area contributed by atoms with E-state index in [1.807, 2.05) is 12.1 Å². The molecule has 0 aromatic heterocycles. The molecule has 0 spiro atoms. The minimum Gasteiger partial charge on any atom is -0.382 e. The lowest BCUT2D eigenvalue weighted by atomic mass is 9.85. The number of nitrogens with one attached hydrogen (secondary N) is 1. The van der Waals surface area contributed by atoms with Gasteiger partial charge in [-0.15, -0.1) is 0 Å². The highest BCUT2D eigenvalue weighted by Crippen LogP contribution is 2.38. The van der Waals surface area contributed by atoms with E-state index in [0.717, 1.165) is 5.69 Å². The van der Waals surface area contributed by atoms with Gasteiger partial charge in [0.25, 0.3) is 0 Å². The molecule has 1 nitrogen and oxygen atoms in total. The van der Waals surface area contributed by atoms with Gasteiger partial charge in [-0.2, -0.15) is 13.2 Å². The molecule has 5 heteroatoms. The van der Waals surface area contributed by atoms with Crippen molar-refractivity contribution in [3.8, 4) is 0 Å². The molecule has 1 fully saturated rings. The topological polar surface area (TPSA) is 12.0 Å². The average molecular weight is 278 g/mol. The Kier molecular flexibility index (Phi) is 4.05. The Bertz CT molecular complexity index is 380. The van der Waals surface area contributed by atoms with Crippen molar-refractivity contribution in [3.05, 3.63) is 29.3 Å². The molecule has 1 aromatic rings. The fraction of sp³-hybridized carbons (Fsp3) is 0.538. The van der Waals surface area contributed by atoms with Crippen LogP contribution in [0.4, 0.5) is 18.9 Å². The van der Waals surface area contributed by atoms with Crippen LogP contribution in [-0.4, -0.2) is 12.2 Å². The van der Waals surface area contributed by atoms with Gasteiger partial charge in [0.15, 0.2) is 0 Å². The molecule has 0 amide bonds. The molecular weight excluding hydrogens is 263 g/mol. The molecule has 0 saturated heterocycles. The van der Waals surface area contributed by atoms with Crippen LogP contribution in [0.25, 0.3) is 0 Å². The van der Waals surface area contributed by atoms with Gasteiger partial charge < -0.3 is 5.32 Å². The van der Waals surface area contributed by atoms with E-state index >= 15 is 0 Å². The van der Waals surface area contributed by atoms with Gasteiger partial charge in [0.05, 0.1) is 5.92 Å². The summed E-state index contributed by atoms with van der Waals surface area (Å²) in [4.78, 5) is 0. The second kappa shape index (κ2) is 5.39. The van der Waals surface area contributed by atoms with Crippen LogP contribution in [0.15, 0.2) is 24.3 Å². The molecule has 2 rings (SSSR count). The molecule has 1 aromatic carbocycles. The van der Waals surface area contributed by atoms with Gasteiger partial charge in [0, 0.05) is 16.8 Å².